The Balaban J connectivity index is 1.99. The Hall–Kier alpha value is -0.130. The van der Waals surface area contributed by atoms with Gasteiger partial charge in [0.2, 0.25) is 0 Å². The first-order chi connectivity index (χ1) is 8.12. The lowest BCUT2D eigenvalue weighted by atomic mass is 9.93. The zero-order chi connectivity index (χ0) is 12.3. The molecule has 2 atom stereocenters. The number of nitrogens with two attached hydrogens (primary N) is 1. The van der Waals surface area contributed by atoms with Gasteiger partial charge in [0.1, 0.15) is 0 Å². The minimum absolute atomic E-state index is 0.334. The number of rotatable bonds is 2. The summed E-state index contributed by atoms with van der Waals surface area (Å²) in [5, 5.41) is 0. The van der Waals surface area contributed by atoms with Crippen molar-refractivity contribution >= 4 is 9.84 Å². The minimum Gasteiger partial charge on any atom is -0.330 e. The van der Waals surface area contributed by atoms with Crippen molar-refractivity contribution in [2.45, 2.75) is 38.1 Å². The van der Waals surface area contributed by atoms with Crippen LogP contribution < -0.4 is 5.73 Å². The Kier molecular flexibility index (Phi) is 4.44. The molecule has 100 valence electrons. The second kappa shape index (κ2) is 5.67. The van der Waals surface area contributed by atoms with E-state index in [0.29, 0.717) is 36.6 Å². The van der Waals surface area contributed by atoms with E-state index in [1.165, 1.54) is 32.1 Å². The lowest BCUT2D eigenvalue weighted by Gasteiger charge is -2.38. The van der Waals surface area contributed by atoms with Crippen LogP contribution in [-0.2, 0) is 9.84 Å². The van der Waals surface area contributed by atoms with Crippen molar-refractivity contribution in [3.05, 3.63) is 0 Å². The van der Waals surface area contributed by atoms with Gasteiger partial charge in [0.25, 0.3) is 0 Å². The number of sulfone groups is 1. The third-order valence-electron chi connectivity index (χ3n) is 4.27. The fourth-order valence-corrected chi connectivity index (χ4v) is 4.41. The van der Waals surface area contributed by atoms with Gasteiger partial charge in [0.15, 0.2) is 9.84 Å². The van der Waals surface area contributed by atoms with Crippen LogP contribution in [0.5, 0.6) is 0 Å². The van der Waals surface area contributed by atoms with Gasteiger partial charge in [0, 0.05) is 19.1 Å². The summed E-state index contributed by atoms with van der Waals surface area (Å²) in [4.78, 5) is 2.38. The molecule has 1 aliphatic carbocycles. The largest absolute Gasteiger partial charge is 0.330 e. The van der Waals surface area contributed by atoms with Gasteiger partial charge in [-0.3, -0.25) is 4.90 Å². The molecule has 1 heterocycles. The van der Waals surface area contributed by atoms with Crippen LogP contribution in [0, 0.1) is 5.92 Å². The maximum atomic E-state index is 11.4. The standard InChI is InChI=1S/C12H24N2O2S/c13-10-11-4-2-1-3-5-12(11)14-6-8-17(15,16)9-7-14/h11-12H,1-10,13H2. The average molecular weight is 260 g/mol. The summed E-state index contributed by atoms with van der Waals surface area (Å²) in [6, 6.07) is 0.526. The van der Waals surface area contributed by atoms with Crippen LogP contribution in [-0.4, -0.2) is 50.5 Å². The van der Waals surface area contributed by atoms with Crippen molar-refractivity contribution in [1.29, 1.82) is 0 Å². The van der Waals surface area contributed by atoms with E-state index in [2.05, 4.69) is 4.90 Å². The molecule has 1 aliphatic heterocycles. The van der Waals surface area contributed by atoms with Crippen LogP contribution in [0.3, 0.4) is 0 Å². The van der Waals surface area contributed by atoms with Crippen LogP contribution in [0.2, 0.25) is 0 Å². The highest BCUT2D eigenvalue weighted by atomic mass is 32.2. The van der Waals surface area contributed by atoms with Crippen molar-refractivity contribution in [3.63, 3.8) is 0 Å². The van der Waals surface area contributed by atoms with Gasteiger partial charge in [0.05, 0.1) is 11.5 Å². The third-order valence-corrected chi connectivity index (χ3v) is 5.88. The molecule has 0 radical (unpaired) electrons. The van der Waals surface area contributed by atoms with Crippen LogP contribution in [0.1, 0.15) is 32.1 Å². The van der Waals surface area contributed by atoms with Crippen molar-refractivity contribution in [2.75, 3.05) is 31.1 Å². The summed E-state index contributed by atoms with van der Waals surface area (Å²) >= 11 is 0. The van der Waals surface area contributed by atoms with E-state index in [-0.39, 0.29) is 0 Å². The Morgan fingerprint density at radius 1 is 1.06 bits per heavy atom. The lowest BCUT2D eigenvalue weighted by molar-refractivity contribution is 0.146. The average Bonchev–Trinajstić information content (AvgIpc) is 2.54. The minimum atomic E-state index is -2.76. The van der Waals surface area contributed by atoms with E-state index in [0.717, 1.165) is 6.54 Å². The molecule has 0 bridgehead atoms. The Morgan fingerprint density at radius 3 is 2.35 bits per heavy atom. The molecule has 2 aliphatic rings. The van der Waals surface area contributed by atoms with E-state index in [9.17, 15) is 8.42 Å². The highest BCUT2D eigenvalue weighted by Crippen LogP contribution is 2.27. The SMILES string of the molecule is NCC1CCCCCC1N1CCS(=O)(=O)CC1. The van der Waals surface area contributed by atoms with E-state index in [1.807, 2.05) is 0 Å². The first-order valence-electron chi connectivity index (χ1n) is 6.77. The smallest absolute Gasteiger partial charge is 0.152 e. The third kappa shape index (κ3) is 3.42. The fraction of sp³-hybridized carbons (Fsp3) is 1.00. The highest BCUT2D eigenvalue weighted by molar-refractivity contribution is 7.91. The number of hydrogen-bond acceptors (Lipinski definition) is 4. The Morgan fingerprint density at radius 2 is 1.71 bits per heavy atom. The summed E-state index contributed by atoms with van der Waals surface area (Å²) in [5.74, 6) is 1.24. The van der Waals surface area contributed by atoms with Crippen molar-refractivity contribution < 1.29 is 8.42 Å². The van der Waals surface area contributed by atoms with E-state index in [4.69, 9.17) is 5.73 Å². The van der Waals surface area contributed by atoms with E-state index < -0.39 is 9.84 Å². The Labute approximate surface area is 104 Å². The van der Waals surface area contributed by atoms with Gasteiger partial charge in [-0.1, -0.05) is 19.3 Å². The van der Waals surface area contributed by atoms with E-state index >= 15 is 0 Å². The normalized spacial score (nSPS) is 35.4. The fourth-order valence-electron chi connectivity index (χ4n) is 3.18. The molecule has 4 nitrogen and oxygen atoms in total. The summed E-state index contributed by atoms with van der Waals surface area (Å²) < 4.78 is 22.9. The summed E-state index contributed by atoms with van der Waals surface area (Å²) in [6.45, 7) is 2.17. The monoisotopic (exact) mass is 260 g/mol. The molecule has 0 aromatic heterocycles. The Bertz CT molecular complexity index is 328. The molecule has 2 N–H and O–H groups in total. The molecule has 1 saturated carbocycles. The van der Waals surface area contributed by atoms with Crippen molar-refractivity contribution in [3.8, 4) is 0 Å². The summed E-state index contributed by atoms with van der Waals surface area (Å²) in [5.41, 5.74) is 5.88. The maximum Gasteiger partial charge on any atom is 0.152 e. The molecule has 0 amide bonds. The second-order valence-corrected chi connectivity index (χ2v) is 7.69. The number of nitrogens with zero attached hydrogens (tertiary/aromatic N) is 1. The number of hydrogen-bond donors (Lipinski definition) is 1. The molecule has 0 spiro atoms. The molecular formula is C12H24N2O2S. The molecular weight excluding hydrogens is 236 g/mol. The first-order valence-corrected chi connectivity index (χ1v) is 8.59. The summed E-state index contributed by atoms with van der Waals surface area (Å²) in [6.07, 6.45) is 6.26. The molecule has 5 heteroatoms. The predicted octanol–water partition coefficient (Wildman–Crippen LogP) is 0.624. The van der Waals surface area contributed by atoms with Crippen molar-refractivity contribution in [1.82, 2.24) is 4.90 Å². The summed E-state index contributed by atoms with van der Waals surface area (Å²) in [7, 11) is -2.76. The van der Waals surface area contributed by atoms with Gasteiger partial charge >= 0.3 is 0 Å². The van der Waals surface area contributed by atoms with Crippen molar-refractivity contribution in [2.24, 2.45) is 11.7 Å². The molecule has 0 aromatic rings. The van der Waals surface area contributed by atoms with Gasteiger partial charge in [-0.25, -0.2) is 8.42 Å². The van der Waals surface area contributed by atoms with Gasteiger partial charge in [-0.15, -0.1) is 0 Å². The molecule has 17 heavy (non-hydrogen) atoms. The van der Waals surface area contributed by atoms with Crippen LogP contribution in [0.25, 0.3) is 0 Å². The molecule has 2 rings (SSSR count). The van der Waals surface area contributed by atoms with Crippen LogP contribution in [0.4, 0.5) is 0 Å². The zero-order valence-electron chi connectivity index (χ0n) is 10.5. The van der Waals surface area contributed by atoms with Gasteiger partial charge in [-0.05, 0) is 25.3 Å². The molecule has 2 fully saturated rings. The predicted molar refractivity (Wildman–Crippen MR) is 69.6 cm³/mol. The molecule has 0 aromatic carbocycles. The second-order valence-electron chi connectivity index (χ2n) is 5.39. The maximum absolute atomic E-state index is 11.4. The van der Waals surface area contributed by atoms with Crippen LogP contribution in [0.15, 0.2) is 0 Å². The molecule has 1 saturated heterocycles. The van der Waals surface area contributed by atoms with Gasteiger partial charge < -0.3 is 5.73 Å². The van der Waals surface area contributed by atoms with E-state index in [1.54, 1.807) is 0 Å². The molecule has 2 unspecified atom stereocenters. The zero-order valence-corrected chi connectivity index (χ0v) is 11.3. The lowest BCUT2D eigenvalue weighted by Crippen LogP contribution is -2.49. The van der Waals surface area contributed by atoms with Gasteiger partial charge in [-0.2, -0.15) is 0 Å². The van der Waals surface area contributed by atoms with Crippen LogP contribution >= 0.6 is 0 Å². The first kappa shape index (κ1) is 13.3. The highest BCUT2D eigenvalue weighted by Gasteiger charge is 2.31. The quantitative estimate of drug-likeness (QED) is 0.740. The topological polar surface area (TPSA) is 63.4 Å².